The molecule has 132 valence electrons. The van der Waals surface area contributed by atoms with E-state index in [1.807, 2.05) is 60.7 Å². The predicted molar refractivity (Wildman–Crippen MR) is 117 cm³/mol. The number of allylic oxidation sites excluding steroid dienone is 1. The molecule has 4 heteroatoms. The second kappa shape index (κ2) is 6.80. The van der Waals surface area contributed by atoms with Crippen LogP contribution < -0.4 is 0 Å². The third-order valence-electron chi connectivity index (χ3n) is 4.74. The number of thiazole rings is 1. The number of aromatic amines is 1. The molecule has 0 aliphatic carbocycles. The van der Waals surface area contributed by atoms with Crippen molar-refractivity contribution in [3.8, 4) is 17.3 Å². The van der Waals surface area contributed by atoms with Gasteiger partial charge in [0.15, 0.2) is 0 Å². The highest BCUT2D eigenvalue weighted by atomic mass is 32.1. The van der Waals surface area contributed by atoms with Crippen molar-refractivity contribution in [2.24, 2.45) is 0 Å². The molecule has 0 bridgehead atoms. The number of nitriles is 1. The summed E-state index contributed by atoms with van der Waals surface area (Å²) in [5.74, 6) is 0. The van der Waals surface area contributed by atoms with Crippen LogP contribution in [0.3, 0.4) is 0 Å². The summed E-state index contributed by atoms with van der Waals surface area (Å²) < 4.78 is 1.08. The van der Waals surface area contributed by atoms with Crippen molar-refractivity contribution in [1.82, 2.24) is 9.97 Å². The molecule has 28 heavy (non-hydrogen) atoms. The van der Waals surface area contributed by atoms with Crippen LogP contribution in [0.2, 0.25) is 0 Å². The average molecular weight is 377 g/mol. The van der Waals surface area contributed by atoms with Crippen molar-refractivity contribution in [2.75, 3.05) is 0 Å². The molecule has 0 aliphatic rings. The Bertz CT molecular complexity index is 1330. The minimum absolute atomic E-state index is 0.572. The molecule has 0 saturated heterocycles. The Balaban J connectivity index is 1.74. The van der Waals surface area contributed by atoms with Crippen LogP contribution in [0, 0.1) is 11.3 Å². The largest absolute Gasteiger partial charge is 0.354 e. The highest BCUT2D eigenvalue weighted by Gasteiger charge is 2.14. The molecule has 0 spiro atoms. The first-order chi connectivity index (χ1) is 13.8. The zero-order chi connectivity index (χ0) is 18.9. The first-order valence-electron chi connectivity index (χ1n) is 8.97. The number of benzene rings is 3. The number of hydrogen-bond acceptors (Lipinski definition) is 3. The van der Waals surface area contributed by atoms with Gasteiger partial charge in [0, 0.05) is 16.5 Å². The zero-order valence-electron chi connectivity index (χ0n) is 14.9. The van der Waals surface area contributed by atoms with Crippen LogP contribution >= 0.6 is 11.3 Å². The number of nitrogens with zero attached hydrogens (tertiary/aromatic N) is 2. The van der Waals surface area contributed by atoms with Gasteiger partial charge in [0.1, 0.15) is 11.1 Å². The van der Waals surface area contributed by atoms with Crippen molar-refractivity contribution in [3.05, 3.63) is 89.4 Å². The topological polar surface area (TPSA) is 52.5 Å². The number of para-hydroxylation sites is 2. The lowest BCUT2D eigenvalue weighted by Crippen LogP contribution is -1.84. The first kappa shape index (κ1) is 16.5. The fourth-order valence-corrected chi connectivity index (χ4v) is 4.35. The van der Waals surface area contributed by atoms with E-state index in [0.29, 0.717) is 5.57 Å². The van der Waals surface area contributed by atoms with Crippen LogP contribution in [-0.2, 0) is 0 Å². The number of hydrogen-bond donors (Lipinski definition) is 1. The molecule has 0 amide bonds. The van der Waals surface area contributed by atoms with Gasteiger partial charge in [0.25, 0.3) is 0 Å². The molecule has 5 aromatic rings. The molecule has 2 aromatic heterocycles. The fourth-order valence-electron chi connectivity index (χ4n) is 3.42. The van der Waals surface area contributed by atoms with E-state index in [2.05, 4.69) is 40.3 Å². The van der Waals surface area contributed by atoms with Gasteiger partial charge in [0.05, 0.1) is 21.5 Å². The van der Waals surface area contributed by atoms with Crippen LogP contribution in [0.25, 0.3) is 44.0 Å². The zero-order valence-corrected chi connectivity index (χ0v) is 15.7. The summed E-state index contributed by atoms with van der Waals surface area (Å²) in [6.45, 7) is 0. The number of H-pyrrole nitrogens is 1. The maximum absolute atomic E-state index is 9.88. The monoisotopic (exact) mass is 377 g/mol. The van der Waals surface area contributed by atoms with E-state index < -0.39 is 0 Å². The molecule has 0 unspecified atom stereocenters. The second-order valence-electron chi connectivity index (χ2n) is 6.48. The Kier molecular flexibility index (Phi) is 4.01. The second-order valence-corrected chi connectivity index (χ2v) is 7.51. The normalized spacial score (nSPS) is 11.8. The third kappa shape index (κ3) is 2.79. The van der Waals surface area contributed by atoms with Gasteiger partial charge in [-0.25, -0.2) is 4.98 Å². The van der Waals surface area contributed by atoms with Gasteiger partial charge in [-0.1, -0.05) is 60.7 Å². The van der Waals surface area contributed by atoms with Gasteiger partial charge in [-0.05, 0) is 29.8 Å². The molecular formula is C24H15N3S. The third-order valence-corrected chi connectivity index (χ3v) is 5.81. The Morgan fingerprint density at radius 3 is 2.50 bits per heavy atom. The lowest BCUT2D eigenvalue weighted by Gasteiger charge is -2.02. The van der Waals surface area contributed by atoms with Crippen molar-refractivity contribution < 1.29 is 0 Å². The summed E-state index contributed by atoms with van der Waals surface area (Å²) in [7, 11) is 0. The Labute approximate surface area is 166 Å². The van der Waals surface area contributed by atoms with Gasteiger partial charge >= 0.3 is 0 Å². The summed E-state index contributed by atoms with van der Waals surface area (Å²) in [6.07, 6.45) is 1.96. The number of rotatable bonds is 3. The average Bonchev–Trinajstić information content (AvgIpc) is 3.34. The minimum Gasteiger partial charge on any atom is -0.354 e. The smallest absolute Gasteiger partial charge is 0.135 e. The standard InChI is InChI=1S/C24H15N3S/c25-15-17(24-27-21-12-6-7-13-22(21)28-24)14-19-18-10-4-5-11-20(18)26-23(19)16-8-2-1-3-9-16/h1-14,26H/b17-14+. The van der Waals surface area contributed by atoms with E-state index >= 15 is 0 Å². The van der Waals surface area contributed by atoms with Gasteiger partial charge in [0.2, 0.25) is 0 Å². The lowest BCUT2D eigenvalue weighted by molar-refractivity contribution is 1.43. The van der Waals surface area contributed by atoms with Crippen molar-refractivity contribution >= 4 is 44.1 Å². The van der Waals surface area contributed by atoms with E-state index in [1.54, 1.807) is 11.3 Å². The van der Waals surface area contributed by atoms with E-state index in [1.165, 1.54) is 0 Å². The van der Waals surface area contributed by atoms with Gasteiger partial charge in [-0.3, -0.25) is 0 Å². The maximum Gasteiger partial charge on any atom is 0.135 e. The molecule has 3 nitrogen and oxygen atoms in total. The van der Waals surface area contributed by atoms with Crippen LogP contribution in [0.4, 0.5) is 0 Å². The molecular weight excluding hydrogens is 362 g/mol. The maximum atomic E-state index is 9.88. The van der Waals surface area contributed by atoms with Crippen LogP contribution in [0.5, 0.6) is 0 Å². The van der Waals surface area contributed by atoms with Crippen molar-refractivity contribution in [3.63, 3.8) is 0 Å². The molecule has 0 fully saturated rings. The molecule has 0 atom stereocenters. The Morgan fingerprint density at radius 1 is 0.929 bits per heavy atom. The van der Waals surface area contributed by atoms with Crippen LogP contribution in [0.15, 0.2) is 78.9 Å². The highest BCUT2D eigenvalue weighted by molar-refractivity contribution is 7.19. The fraction of sp³-hybridized carbons (Fsp3) is 0. The number of nitrogens with one attached hydrogen (secondary N) is 1. The molecule has 1 N–H and O–H groups in total. The number of aromatic nitrogens is 2. The quantitative estimate of drug-likeness (QED) is 0.364. The minimum atomic E-state index is 0.572. The lowest BCUT2D eigenvalue weighted by atomic mass is 10.0. The summed E-state index contributed by atoms with van der Waals surface area (Å²) in [5, 5.41) is 11.7. The Morgan fingerprint density at radius 2 is 1.68 bits per heavy atom. The molecule has 2 heterocycles. The first-order valence-corrected chi connectivity index (χ1v) is 9.79. The molecule has 0 aliphatic heterocycles. The van der Waals surface area contributed by atoms with Gasteiger partial charge in [-0.15, -0.1) is 11.3 Å². The van der Waals surface area contributed by atoms with E-state index in [4.69, 9.17) is 0 Å². The summed E-state index contributed by atoms with van der Waals surface area (Å²) in [6, 6.07) is 28.7. The summed E-state index contributed by atoms with van der Waals surface area (Å²) in [5.41, 5.74) is 5.66. The van der Waals surface area contributed by atoms with Gasteiger partial charge in [-0.2, -0.15) is 5.26 Å². The molecule has 0 radical (unpaired) electrons. The Hall–Kier alpha value is -3.68. The highest BCUT2D eigenvalue weighted by Crippen LogP contribution is 2.34. The van der Waals surface area contributed by atoms with Gasteiger partial charge < -0.3 is 4.98 Å². The summed E-state index contributed by atoms with van der Waals surface area (Å²) in [4.78, 5) is 8.18. The molecule has 3 aromatic carbocycles. The molecule has 0 saturated carbocycles. The van der Waals surface area contributed by atoms with Crippen molar-refractivity contribution in [1.29, 1.82) is 5.26 Å². The van der Waals surface area contributed by atoms with Crippen molar-refractivity contribution in [2.45, 2.75) is 0 Å². The van der Waals surface area contributed by atoms with E-state index in [9.17, 15) is 5.26 Å². The van der Waals surface area contributed by atoms with E-state index in [0.717, 1.165) is 42.9 Å². The SMILES string of the molecule is N#C/C(=C\c1c(-c2ccccc2)[nH]c2ccccc12)c1nc2ccccc2s1. The van der Waals surface area contributed by atoms with Crippen LogP contribution in [0.1, 0.15) is 10.6 Å². The summed E-state index contributed by atoms with van der Waals surface area (Å²) >= 11 is 1.55. The van der Waals surface area contributed by atoms with Crippen LogP contribution in [-0.4, -0.2) is 9.97 Å². The predicted octanol–water partition coefficient (Wildman–Crippen LogP) is 6.51. The molecule has 5 rings (SSSR count). The van der Waals surface area contributed by atoms with E-state index in [-0.39, 0.29) is 0 Å². The number of fused-ring (bicyclic) bond motifs is 2.